The van der Waals surface area contributed by atoms with Crippen molar-refractivity contribution in [2.24, 2.45) is 0 Å². The molecule has 0 atom stereocenters. The third-order valence-electron chi connectivity index (χ3n) is 2.61. The van der Waals surface area contributed by atoms with Gasteiger partial charge in [-0.15, -0.1) is 11.3 Å². The number of rotatable bonds is 3. The number of carbonyl (C=O) groups is 1. The van der Waals surface area contributed by atoms with Gasteiger partial charge in [-0.05, 0) is 45.0 Å². The summed E-state index contributed by atoms with van der Waals surface area (Å²) < 4.78 is 25.0. The number of hydrogen-bond acceptors (Lipinski definition) is 4. The van der Waals surface area contributed by atoms with Gasteiger partial charge in [-0.25, -0.2) is 8.42 Å². The molecule has 6 heteroatoms. The van der Waals surface area contributed by atoms with Gasteiger partial charge < -0.3 is 5.32 Å². The molecule has 4 nitrogen and oxygen atoms in total. The van der Waals surface area contributed by atoms with E-state index >= 15 is 0 Å². The minimum Gasteiger partial charge on any atom is -0.347 e. The van der Waals surface area contributed by atoms with Crippen LogP contribution in [0.2, 0.25) is 0 Å². The molecule has 0 radical (unpaired) electrons. The molecule has 2 aromatic rings. The van der Waals surface area contributed by atoms with Crippen molar-refractivity contribution in [2.45, 2.75) is 35.4 Å². The summed E-state index contributed by atoms with van der Waals surface area (Å²) >= 11 is 0.983. The van der Waals surface area contributed by atoms with Gasteiger partial charge >= 0.3 is 0 Å². The Morgan fingerprint density at radius 1 is 1.05 bits per heavy atom. The fourth-order valence-electron chi connectivity index (χ4n) is 1.70. The van der Waals surface area contributed by atoms with Gasteiger partial charge in [0.2, 0.25) is 9.84 Å². The molecule has 2 rings (SSSR count). The molecule has 0 unspecified atom stereocenters. The molecular formula is C15H17NO3S2. The van der Waals surface area contributed by atoms with Crippen LogP contribution in [0.3, 0.4) is 0 Å². The van der Waals surface area contributed by atoms with Crippen LogP contribution in [0.25, 0.3) is 0 Å². The number of benzene rings is 1. The Bertz CT molecular complexity index is 741. The molecule has 0 bridgehead atoms. The molecule has 112 valence electrons. The minimum absolute atomic E-state index is 0.174. The number of carbonyl (C=O) groups excluding carboxylic acids is 1. The maximum Gasteiger partial charge on any atom is 0.261 e. The van der Waals surface area contributed by atoms with Gasteiger partial charge in [-0.2, -0.15) is 0 Å². The van der Waals surface area contributed by atoms with E-state index in [-0.39, 0.29) is 20.6 Å². The molecule has 1 aromatic heterocycles. The number of thiophene rings is 1. The molecule has 1 amide bonds. The van der Waals surface area contributed by atoms with Crippen LogP contribution in [0.15, 0.2) is 51.6 Å². The molecule has 1 aromatic carbocycles. The maximum absolute atomic E-state index is 12.4. The smallest absolute Gasteiger partial charge is 0.261 e. The first kappa shape index (κ1) is 15.7. The largest absolute Gasteiger partial charge is 0.347 e. The van der Waals surface area contributed by atoms with Crippen molar-refractivity contribution >= 4 is 27.1 Å². The lowest BCUT2D eigenvalue weighted by Crippen LogP contribution is -2.40. The first-order valence-corrected chi connectivity index (χ1v) is 8.72. The highest BCUT2D eigenvalue weighted by Crippen LogP contribution is 2.27. The molecule has 1 N–H and O–H groups in total. The summed E-state index contributed by atoms with van der Waals surface area (Å²) in [5.41, 5.74) is -0.362. The Balaban J connectivity index is 2.30. The van der Waals surface area contributed by atoms with Crippen molar-refractivity contribution in [1.29, 1.82) is 0 Å². The number of nitrogens with one attached hydrogen (secondary N) is 1. The van der Waals surface area contributed by atoms with Gasteiger partial charge in [0, 0.05) is 5.54 Å². The molecule has 0 aliphatic rings. The SMILES string of the molecule is CC(C)(C)NC(=O)c1ccc(S(=O)(=O)c2ccccc2)s1. The van der Waals surface area contributed by atoms with Crippen LogP contribution in [0, 0.1) is 0 Å². The normalized spacial score (nSPS) is 12.1. The molecule has 0 fully saturated rings. The molecule has 1 heterocycles. The Kier molecular flexibility index (Phi) is 4.20. The van der Waals surface area contributed by atoms with Gasteiger partial charge in [0.05, 0.1) is 9.77 Å². The zero-order valence-corrected chi connectivity index (χ0v) is 13.7. The zero-order valence-electron chi connectivity index (χ0n) is 12.1. The topological polar surface area (TPSA) is 63.2 Å². The third kappa shape index (κ3) is 3.71. The fraction of sp³-hybridized carbons (Fsp3) is 0.267. The van der Waals surface area contributed by atoms with E-state index in [0.29, 0.717) is 4.88 Å². The average molecular weight is 323 g/mol. The Labute approximate surface area is 128 Å². The van der Waals surface area contributed by atoms with Crippen LogP contribution in [0.4, 0.5) is 0 Å². The Hall–Kier alpha value is -1.66. The molecular weight excluding hydrogens is 306 g/mol. The Morgan fingerprint density at radius 3 is 2.24 bits per heavy atom. The van der Waals surface area contributed by atoms with Crippen LogP contribution in [-0.4, -0.2) is 19.9 Å². The molecule has 0 saturated heterocycles. The number of hydrogen-bond donors (Lipinski definition) is 1. The van der Waals surface area contributed by atoms with Gasteiger partial charge in [0.1, 0.15) is 4.21 Å². The lowest BCUT2D eigenvalue weighted by molar-refractivity contribution is 0.0923. The molecule has 0 aliphatic carbocycles. The summed E-state index contributed by atoms with van der Waals surface area (Å²) in [6.07, 6.45) is 0. The minimum atomic E-state index is -3.56. The second-order valence-electron chi connectivity index (χ2n) is 5.64. The standard InChI is InChI=1S/C15H17NO3S2/c1-15(2,3)16-14(17)12-9-10-13(20-12)21(18,19)11-7-5-4-6-8-11/h4-10H,1-3H3,(H,16,17). The predicted octanol–water partition coefficient (Wildman–Crippen LogP) is 3.11. The first-order chi connectivity index (χ1) is 9.70. The van der Waals surface area contributed by atoms with Crippen LogP contribution in [-0.2, 0) is 9.84 Å². The maximum atomic E-state index is 12.4. The van der Waals surface area contributed by atoms with E-state index in [1.54, 1.807) is 36.4 Å². The number of amides is 1. The summed E-state index contributed by atoms with van der Waals surface area (Å²) in [4.78, 5) is 12.7. The van der Waals surface area contributed by atoms with Crippen molar-refractivity contribution in [3.63, 3.8) is 0 Å². The lowest BCUT2D eigenvalue weighted by atomic mass is 10.1. The quantitative estimate of drug-likeness (QED) is 0.944. The molecule has 0 aliphatic heterocycles. The average Bonchev–Trinajstić information content (AvgIpc) is 2.88. The Morgan fingerprint density at radius 2 is 1.67 bits per heavy atom. The summed E-state index contributed by atoms with van der Waals surface area (Å²) in [5, 5.41) is 2.82. The van der Waals surface area contributed by atoms with Crippen LogP contribution in [0.1, 0.15) is 30.4 Å². The van der Waals surface area contributed by atoms with Gasteiger partial charge in [-0.1, -0.05) is 18.2 Å². The lowest BCUT2D eigenvalue weighted by Gasteiger charge is -2.19. The van der Waals surface area contributed by atoms with E-state index in [9.17, 15) is 13.2 Å². The van der Waals surface area contributed by atoms with Crippen LogP contribution in [0.5, 0.6) is 0 Å². The fourth-order valence-corrected chi connectivity index (χ4v) is 4.33. The molecule has 21 heavy (non-hydrogen) atoms. The second kappa shape index (κ2) is 5.61. The third-order valence-corrected chi connectivity index (χ3v) is 5.96. The predicted molar refractivity (Wildman–Crippen MR) is 83.4 cm³/mol. The van der Waals surface area contributed by atoms with Crippen LogP contribution >= 0.6 is 11.3 Å². The van der Waals surface area contributed by atoms with Crippen LogP contribution < -0.4 is 5.32 Å². The van der Waals surface area contributed by atoms with E-state index in [4.69, 9.17) is 0 Å². The monoisotopic (exact) mass is 323 g/mol. The van der Waals surface area contributed by atoms with Crippen molar-refractivity contribution in [1.82, 2.24) is 5.32 Å². The van der Waals surface area contributed by atoms with Gasteiger partial charge in [0.25, 0.3) is 5.91 Å². The van der Waals surface area contributed by atoms with Crippen molar-refractivity contribution < 1.29 is 13.2 Å². The van der Waals surface area contributed by atoms with E-state index in [1.807, 2.05) is 20.8 Å². The van der Waals surface area contributed by atoms with E-state index in [1.165, 1.54) is 6.07 Å². The highest BCUT2D eigenvalue weighted by molar-refractivity contribution is 7.93. The summed E-state index contributed by atoms with van der Waals surface area (Å²) in [5.74, 6) is -0.262. The number of sulfone groups is 1. The molecule has 0 spiro atoms. The highest BCUT2D eigenvalue weighted by Gasteiger charge is 2.22. The van der Waals surface area contributed by atoms with E-state index in [2.05, 4.69) is 5.32 Å². The van der Waals surface area contributed by atoms with E-state index < -0.39 is 9.84 Å². The highest BCUT2D eigenvalue weighted by atomic mass is 32.2. The molecule has 0 saturated carbocycles. The van der Waals surface area contributed by atoms with Gasteiger partial charge in [0.15, 0.2) is 0 Å². The van der Waals surface area contributed by atoms with Crippen molar-refractivity contribution in [2.75, 3.05) is 0 Å². The van der Waals surface area contributed by atoms with E-state index in [0.717, 1.165) is 11.3 Å². The van der Waals surface area contributed by atoms with Crippen molar-refractivity contribution in [3.8, 4) is 0 Å². The zero-order chi connectivity index (χ0) is 15.7. The second-order valence-corrected chi connectivity index (χ2v) is 8.90. The van der Waals surface area contributed by atoms with Gasteiger partial charge in [-0.3, -0.25) is 4.79 Å². The summed E-state index contributed by atoms with van der Waals surface area (Å²) in [7, 11) is -3.56. The summed E-state index contributed by atoms with van der Waals surface area (Å²) in [6, 6.07) is 11.2. The van der Waals surface area contributed by atoms with Crippen molar-refractivity contribution in [3.05, 3.63) is 47.3 Å². The summed E-state index contributed by atoms with van der Waals surface area (Å²) in [6.45, 7) is 5.63. The first-order valence-electron chi connectivity index (χ1n) is 6.43.